The quantitative estimate of drug-likeness (QED) is 0.914. The van der Waals surface area contributed by atoms with Crippen LogP contribution in [-0.4, -0.2) is 15.6 Å². The molecule has 0 radical (unpaired) electrons. The normalized spacial score (nSPS) is 14.6. The Balaban J connectivity index is 2.20. The number of hydrogen-bond donors (Lipinski definition) is 1. The van der Waals surface area contributed by atoms with Gasteiger partial charge in [-0.2, -0.15) is 0 Å². The fourth-order valence-corrected chi connectivity index (χ4v) is 2.63. The largest absolute Gasteiger partial charge is 0.477 e. The Morgan fingerprint density at radius 3 is 2.68 bits per heavy atom. The Bertz CT molecular complexity index is 656. The van der Waals surface area contributed by atoms with Crippen LogP contribution in [0.4, 0.5) is 0 Å². The van der Waals surface area contributed by atoms with Gasteiger partial charge in [0.05, 0.1) is 0 Å². The van der Waals surface area contributed by atoms with Crippen LogP contribution in [0.2, 0.25) is 5.02 Å². The van der Waals surface area contributed by atoms with Crippen LogP contribution in [0.1, 0.15) is 34.9 Å². The molecule has 0 amide bonds. The van der Waals surface area contributed by atoms with E-state index in [-0.39, 0.29) is 0 Å². The van der Waals surface area contributed by atoms with Crippen LogP contribution in [0.5, 0.6) is 0 Å². The molecule has 4 heteroatoms. The van der Waals surface area contributed by atoms with E-state index in [0.29, 0.717) is 16.8 Å². The molecule has 3 rings (SSSR count). The summed E-state index contributed by atoms with van der Waals surface area (Å²) < 4.78 is 1.93. The van der Waals surface area contributed by atoms with Crippen molar-refractivity contribution in [3.63, 3.8) is 0 Å². The van der Waals surface area contributed by atoms with Gasteiger partial charge in [-0.1, -0.05) is 23.7 Å². The maximum absolute atomic E-state index is 11.3. The molecule has 0 bridgehead atoms. The Labute approximate surface area is 116 Å². The Morgan fingerprint density at radius 1 is 1.32 bits per heavy atom. The third-order valence-electron chi connectivity index (χ3n) is 3.59. The topological polar surface area (TPSA) is 42.2 Å². The highest BCUT2D eigenvalue weighted by atomic mass is 35.5. The van der Waals surface area contributed by atoms with E-state index in [4.69, 9.17) is 11.6 Å². The molecule has 0 aliphatic heterocycles. The van der Waals surface area contributed by atoms with Crippen LogP contribution in [0.25, 0.3) is 11.3 Å². The third-order valence-corrected chi connectivity index (χ3v) is 4.00. The molecule has 98 valence electrons. The minimum atomic E-state index is -0.877. The first-order chi connectivity index (χ1) is 9.09. The number of rotatable bonds is 3. The van der Waals surface area contributed by atoms with Gasteiger partial charge in [0, 0.05) is 22.3 Å². The summed E-state index contributed by atoms with van der Waals surface area (Å²) in [5, 5.41) is 9.99. The average Bonchev–Trinajstić information content (AvgIpc) is 3.11. The molecule has 0 spiro atoms. The number of aromatic carboxylic acids is 1. The molecular weight excluding hydrogens is 262 g/mol. The second-order valence-corrected chi connectivity index (χ2v) is 5.33. The highest BCUT2D eigenvalue weighted by Crippen LogP contribution is 2.41. The zero-order valence-corrected chi connectivity index (χ0v) is 11.3. The van der Waals surface area contributed by atoms with E-state index >= 15 is 0 Å². The lowest BCUT2D eigenvalue weighted by Crippen LogP contribution is -2.08. The first-order valence-electron chi connectivity index (χ1n) is 6.29. The van der Waals surface area contributed by atoms with Gasteiger partial charge in [-0.25, -0.2) is 4.79 Å². The summed E-state index contributed by atoms with van der Waals surface area (Å²) >= 11 is 6.16. The van der Waals surface area contributed by atoms with Gasteiger partial charge in [0.2, 0.25) is 0 Å². The number of aromatic nitrogens is 1. The number of carboxylic acids is 1. The summed E-state index contributed by atoms with van der Waals surface area (Å²) in [5.74, 6) is -0.877. The van der Waals surface area contributed by atoms with Gasteiger partial charge in [0.25, 0.3) is 0 Å². The Morgan fingerprint density at radius 2 is 2.05 bits per heavy atom. The second-order valence-electron chi connectivity index (χ2n) is 4.92. The molecule has 0 atom stereocenters. The summed E-state index contributed by atoms with van der Waals surface area (Å²) in [6, 6.07) is 9.60. The fraction of sp³-hybridized carbons (Fsp3) is 0.267. The third kappa shape index (κ3) is 2.04. The lowest BCUT2D eigenvalue weighted by atomic mass is 10.1. The maximum atomic E-state index is 11.3. The average molecular weight is 276 g/mol. The molecule has 3 nitrogen and oxygen atoms in total. The molecule has 1 saturated carbocycles. The molecule has 1 aliphatic carbocycles. The first-order valence-corrected chi connectivity index (χ1v) is 6.67. The van der Waals surface area contributed by atoms with Crippen LogP contribution in [-0.2, 0) is 0 Å². The number of carboxylic acid groups (broad SMARTS) is 1. The van der Waals surface area contributed by atoms with E-state index in [9.17, 15) is 9.90 Å². The van der Waals surface area contributed by atoms with Crippen molar-refractivity contribution in [2.24, 2.45) is 0 Å². The van der Waals surface area contributed by atoms with E-state index in [1.165, 1.54) is 0 Å². The number of nitrogens with zero attached hydrogens (tertiary/aromatic N) is 1. The first kappa shape index (κ1) is 12.3. The smallest absolute Gasteiger partial charge is 0.352 e. The van der Waals surface area contributed by atoms with Crippen molar-refractivity contribution in [2.45, 2.75) is 25.8 Å². The molecule has 19 heavy (non-hydrogen) atoms. The van der Waals surface area contributed by atoms with Crippen molar-refractivity contribution >= 4 is 17.6 Å². The molecule has 1 heterocycles. The van der Waals surface area contributed by atoms with Crippen molar-refractivity contribution < 1.29 is 9.90 Å². The van der Waals surface area contributed by atoms with Crippen LogP contribution < -0.4 is 0 Å². The fourth-order valence-electron chi connectivity index (χ4n) is 2.45. The van der Waals surface area contributed by atoms with Gasteiger partial charge in [0.1, 0.15) is 5.69 Å². The molecule has 0 saturated heterocycles. The van der Waals surface area contributed by atoms with Gasteiger partial charge in [-0.3, -0.25) is 0 Å². The van der Waals surface area contributed by atoms with Crippen LogP contribution in [0.3, 0.4) is 0 Å². The summed E-state index contributed by atoms with van der Waals surface area (Å²) in [6.07, 6.45) is 2.09. The zero-order chi connectivity index (χ0) is 13.6. The van der Waals surface area contributed by atoms with Crippen molar-refractivity contribution in [3.8, 4) is 11.3 Å². The predicted octanol–water partition coefficient (Wildman–Crippen LogP) is 4.15. The molecular formula is C15H14ClNO2. The van der Waals surface area contributed by atoms with Gasteiger partial charge in [0.15, 0.2) is 0 Å². The summed E-state index contributed by atoms with van der Waals surface area (Å²) in [6.45, 7) is 1.96. The van der Waals surface area contributed by atoms with Crippen LogP contribution >= 0.6 is 11.6 Å². The molecule has 2 aromatic rings. The number of hydrogen-bond acceptors (Lipinski definition) is 1. The Kier molecular flexibility index (Phi) is 2.86. The molecule has 1 N–H and O–H groups in total. The highest BCUT2D eigenvalue weighted by Gasteiger charge is 2.30. The summed E-state index contributed by atoms with van der Waals surface area (Å²) in [7, 11) is 0. The SMILES string of the molecule is Cc1c(Cl)cccc1-c1ccc(C(=O)O)n1C1CC1. The minimum absolute atomic E-state index is 0.314. The number of benzene rings is 1. The standard InChI is InChI=1S/C15H14ClNO2/c1-9-11(3-2-4-12(9)16)13-7-8-14(15(18)19)17(13)10-5-6-10/h2-4,7-8,10H,5-6H2,1H3,(H,18,19). The maximum Gasteiger partial charge on any atom is 0.352 e. The van der Waals surface area contributed by atoms with E-state index < -0.39 is 5.97 Å². The molecule has 1 aromatic carbocycles. The lowest BCUT2D eigenvalue weighted by molar-refractivity contribution is 0.0685. The summed E-state index contributed by atoms with van der Waals surface area (Å²) in [4.78, 5) is 11.3. The number of carbonyl (C=O) groups is 1. The van der Waals surface area contributed by atoms with E-state index in [1.807, 2.05) is 35.8 Å². The Hall–Kier alpha value is -1.74. The molecule has 1 fully saturated rings. The van der Waals surface area contributed by atoms with Crippen molar-refractivity contribution in [1.29, 1.82) is 0 Å². The van der Waals surface area contributed by atoms with Crippen molar-refractivity contribution in [3.05, 3.63) is 46.6 Å². The zero-order valence-electron chi connectivity index (χ0n) is 10.6. The monoisotopic (exact) mass is 275 g/mol. The highest BCUT2D eigenvalue weighted by molar-refractivity contribution is 6.31. The minimum Gasteiger partial charge on any atom is -0.477 e. The van der Waals surface area contributed by atoms with Gasteiger partial charge in [-0.15, -0.1) is 0 Å². The van der Waals surface area contributed by atoms with E-state index in [0.717, 1.165) is 29.7 Å². The predicted molar refractivity (Wildman–Crippen MR) is 74.8 cm³/mol. The number of halogens is 1. The molecule has 0 unspecified atom stereocenters. The van der Waals surface area contributed by atoms with Gasteiger partial charge >= 0.3 is 5.97 Å². The second kappa shape index (κ2) is 4.42. The van der Waals surface area contributed by atoms with E-state index in [2.05, 4.69) is 0 Å². The van der Waals surface area contributed by atoms with Gasteiger partial charge in [-0.05, 0) is 43.5 Å². The van der Waals surface area contributed by atoms with Crippen molar-refractivity contribution in [2.75, 3.05) is 0 Å². The summed E-state index contributed by atoms with van der Waals surface area (Å²) in [5.41, 5.74) is 3.30. The van der Waals surface area contributed by atoms with Crippen LogP contribution in [0.15, 0.2) is 30.3 Å². The van der Waals surface area contributed by atoms with Crippen molar-refractivity contribution in [1.82, 2.24) is 4.57 Å². The van der Waals surface area contributed by atoms with Crippen LogP contribution in [0, 0.1) is 6.92 Å². The van der Waals surface area contributed by atoms with E-state index in [1.54, 1.807) is 6.07 Å². The molecule has 1 aromatic heterocycles. The van der Waals surface area contributed by atoms with Gasteiger partial charge < -0.3 is 9.67 Å². The molecule has 1 aliphatic rings. The lowest BCUT2D eigenvalue weighted by Gasteiger charge is -2.13.